The first-order valence-electron chi connectivity index (χ1n) is 10.0. The van der Waals surface area contributed by atoms with Crippen molar-refractivity contribution in [2.24, 2.45) is 17.8 Å². The molecule has 3 aliphatic carbocycles. The Balaban J connectivity index is 0.00000210. The zero-order valence-corrected chi connectivity index (χ0v) is 16.9. The van der Waals surface area contributed by atoms with Gasteiger partial charge in [0.05, 0.1) is 12.0 Å². The first-order valence-corrected chi connectivity index (χ1v) is 10.0. The summed E-state index contributed by atoms with van der Waals surface area (Å²) in [5, 5.41) is 11.7. The lowest BCUT2D eigenvalue weighted by Crippen LogP contribution is -2.43. The van der Waals surface area contributed by atoms with Crippen LogP contribution in [0.4, 0.5) is 0 Å². The number of aliphatic hydroxyl groups is 1. The number of nitrogens with zero attached hydrogens (tertiary/aromatic N) is 1. The molecule has 1 N–H and O–H groups in total. The molecule has 1 heterocycles. The Kier molecular flexibility index (Phi) is 6.23. The summed E-state index contributed by atoms with van der Waals surface area (Å²) in [5.41, 5.74) is 1.18. The van der Waals surface area contributed by atoms with E-state index in [2.05, 4.69) is 22.8 Å². The fourth-order valence-electron chi connectivity index (χ4n) is 5.06. The summed E-state index contributed by atoms with van der Waals surface area (Å²) < 4.78 is 5.19. The zero-order valence-electron chi connectivity index (χ0n) is 16.1. The number of esters is 1. The smallest absolute Gasteiger partial charge is 0.310 e. The number of carbonyl (C=O) groups is 1. The van der Waals surface area contributed by atoms with Crippen molar-refractivity contribution in [3.8, 4) is 11.8 Å². The van der Waals surface area contributed by atoms with Crippen molar-refractivity contribution in [2.45, 2.75) is 57.5 Å². The molecule has 0 aromatic carbocycles. The van der Waals surface area contributed by atoms with Gasteiger partial charge in [0, 0.05) is 25.2 Å². The normalized spacial score (nSPS) is 31.9. The van der Waals surface area contributed by atoms with Crippen LogP contribution in [0.3, 0.4) is 0 Å². The van der Waals surface area contributed by atoms with Gasteiger partial charge in [-0.2, -0.15) is 0 Å². The van der Waals surface area contributed by atoms with Crippen LogP contribution in [0.15, 0.2) is 23.4 Å². The molecule has 4 rings (SSSR count). The molecule has 3 fully saturated rings. The van der Waals surface area contributed by atoms with Crippen LogP contribution >= 0.6 is 12.4 Å². The maximum Gasteiger partial charge on any atom is 0.310 e. The fourth-order valence-corrected chi connectivity index (χ4v) is 5.06. The quantitative estimate of drug-likeness (QED) is 0.576. The fraction of sp³-hybridized carbons (Fsp3) is 0.682. The average Bonchev–Trinajstić information content (AvgIpc) is 3.06. The summed E-state index contributed by atoms with van der Waals surface area (Å²) in [6.07, 6.45) is 10.7. The molecule has 4 aliphatic rings. The summed E-state index contributed by atoms with van der Waals surface area (Å²) >= 11 is 0. The number of ether oxygens (including phenoxy) is 1. The van der Waals surface area contributed by atoms with Crippen molar-refractivity contribution in [3.63, 3.8) is 0 Å². The van der Waals surface area contributed by atoms with Crippen LogP contribution in [0.2, 0.25) is 0 Å². The van der Waals surface area contributed by atoms with Crippen molar-refractivity contribution in [2.75, 3.05) is 19.7 Å². The molecular formula is C22H30ClNO3. The molecule has 1 unspecified atom stereocenters. The minimum atomic E-state index is -0.900. The van der Waals surface area contributed by atoms with Gasteiger partial charge >= 0.3 is 5.97 Å². The number of allylic oxidation sites excluding steroid dienone is 2. The maximum atomic E-state index is 12.2. The molecule has 4 nitrogen and oxygen atoms in total. The third kappa shape index (κ3) is 4.20. The molecule has 0 aromatic heterocycles. The van der Waals surface area contributed by atoms with Gasteiger partial charge in [0.25, 0.3) is 0 Å². The first-order chi connectivity index (χ1) is 12.6. The van der Waals surface area contributed by atoms with E-state index in [4.69, 9.17) is 4.74 Å². The molecule has 0 amide bonds. The van der Waals surface area contributed by atoms with Gasteiger partial charge < -0.3 is 14.7 Å². The number of hydrogen-bond donors (Lipinski definition) is 1. The second kappa shape index (κ2) is 8.29. The van der Waals surface area contributed by atoms with Crippen molar-refractivity contribution >= 4 is 18.4 Å². The van der Waals surface area contributed by atoms with E-state index in [1.165, 1.54) is 25.0 Å². The van der Waals surface area contributed by atoms with Gasteiger partial charge in [-0.3, -0.25) is 4.79 Å². The van der Waals surface area contributed by atoms with E-state index in [9.17, 15) is 9.90 Å². The third-order valence-electron chi connectivity index (χ3n) is 6.72. The van der Waals surface area contributed by atoms with Crippen LogP contribution in [-0.4, -0.2) is 41.3 Å². The van der Waals surface area contributed by atoms with Crippen molar-refractivity contribution < 1.29 is 14.6 Å². The molecule has 0 spiro atoms. The number of halogens is 1. The van der Waals surface area contributed by atoms with Crippen LogP contribution in [0.5, 0.6) is 0 Å². The Bertz CT molecular complexity index is 688. The molecule has 0 bridgehead atoms. The van der Waals surface area contributed by atoms with Crippen molar-refractivity contribution in [3.05, 3.63) is 23.4 Å². The summed E-state index contributed by atoms with van der Waals surface area (Å²) in [4.78, 5) is 14.7. The van der Waals surface area contributed by atoms with E-state index in [1.807, 2.05) is 6.08 Å². The minimum absolute atomic E-state index is 0. The van der Waals surface area contributed by atoms with E-state index >= 15 is 0 Å². The van der Waals surface area contributed by atoms with E-state index < -0.39 is 5.60 Å². The van der Waals surface area contributed by atoms with Gasteiger partial charge in [-0.15, -0.1) is 18.3 Å². The molecular weight excluding hydrogens is 362 g/mol. The van der Waals surface area contributed by atoms with Gasteiger partial charge in [-0.25, -0.2) is 0 Å². The van der Waals surface area contributed by atoms with E-state index in [-0.39, 0.29) is 37.3 Å². The summed E-state index contributed by atoms with van der Waals surface area (Å²) in [5.74, 6) is 7.17. The Labute approximate surface area is 168 Å². The zero-order chi connectivity index (χ0) is 18.1. The monoisotopic (exact) mass is 391 g/mol. The molecule has 5 heteroatoms. The third-order valence-corrected chi connectivity index (χ3v) is 6.72. The largest absolute Gasteiger partial charge is 0.452 e. The Hall–Kier alpha value is -1.44. The second-order valence-corrected chi connectivity index (χ2v) is 8.36. The molecule has 0 aromatic rings. The van der Waals surface area contributed by atoms with E-state index in [1.54, 1.807) is 6.92 Å². The van der Waals surface area contributed by atoms with Gasteiger partial charge in [0.2, 0.25) is 0 Å². The highest BCUT2D eigenvalue weighted by molar-refractivity contribution is 5.85. The van der Waals surface area contributed by atoms with Gasteiger partial charge in [0.15, 0.2) is 6.61 Å². The Morgan fingerprint density at radius 2 is 2.00 bits per heavy atom. The Morgan fingerprint density at radius 1 is 1.30 bits per heavy atom. The lowest BCUT2D eigenvalue weighted by atomic mass is 9.73. The molecule has 1 saturated heterocycles. The lowest BCUT2D eigenvalue weighted by molar-refractivity contribution is -0.142. The SMILES string of the molecule is CC#CCOC(=O)CC1=CC=C(N2C[C@H]3C[C@H]3C2)CC1(O)C1CCCC1.Cl. The van der Waals surface area contributed by atoms with Crippen LogP contribution in [0.1, 0.15) is 51.9 Å². The Morgan fingerprint density at radius 3 is 2.67 bits per heavy atom. The standard InChI is InChI=1S/C22H29NO3.ClH/c1-2-3-10-26-21(24)12-19-8-9-20(23-14-16-11-17(16)15-23)13-22(19,25)18-6-4-5-7-18;/h8-9,16-18,25H,4-7,10-15H2,1H3;1H/t16-,17+,22?;. The summed E-state index contributed by atoms with van der Waals surface area (Å²) in [6, 6.07) is 0. The molecule has 1 aliphatic heterocycles. The molecule has 2 saturated carbocycles. The summed E-state index contributed by atoms with van der Waals surface area (Å²) in [6.45, 7) is 4.13. The molecule has 0 radical (unpaired) electrons. The highest BCUT2D eigenvalue weighted by Gasteiger charge is 2.49. The second-order valence-electron chi connectivity index (χ2n) is 8.36. The maximum absolute atomic E-state index is 12.2. The highest BCUT2D eigenvalue weighted by atomic mass is 35.5. The van der Waals surface area contributed by atoms with Crippen LogP contribution < -0.4 is 0 Å². The first kappa shape index (κ1) is 20.3. The summed E-state index contributed by atoms with van der Waals surface area (Å²) in [7, 11) is 0. The average molecular weight is 392 g/mol. The predicted octanol–water partition coefficient (Wildman–Crippen LogP) is 3.45. The topological polar surface area (TPSA) is 49.8 Å². The van der Waals surface area contributed by atoms with Crippen LogP contribution in [-0.2, 0) is 9.53 Å². The van der Waals surface area contributed by atoms with E-state index in [0.717, 1.165) is 43.3 Å². The molecule has 27 heavy (non-hydrogen) atoms. The number of piperidine rings is 1. The minimum Gasteiger partial charge on any atom is -0.452 e. The van der Waals surface area contributed by atoms with Gasteiger partial charge in [0.1, 0.15) is 0 Å². The van der Waals surface area contributed by atoms with Gasteiger partial charge in [-0.1, -0.05) is 24.8 Å². The van der Waals surface area contributed by atoms with E-state index in [0.29, 0.717) is 6.42 Å². The van der Waals surface area contributed by atoms with Gasteiger partial charge in [-0.05, 0) is 55.6 Å². The number of hydrogen-bond acceptors (Lipinski definition) is 4. The molecule has 148 valence electrons. The number of likely N-dealkylation sites (tertiary alicyclic amines) is 1. The van der Waals surface area contributed by atoms with Crippen LogP contribution in [0, 0.1) is 29.6 Å². The van der Waals surface area contributed by atoms with Crippen molar-refractivity contribution in [1.29, 1.82) is 0 Å². The number of rotatable bonds is 5. The predicted molar refractivity (Wildman–Crippen MR) is 107 cm³/mol. The van der Waals surface area contributed by atoms with Crippen molar-refractivity contribution in [1.82, 2.24) is 4.90 Å². The van der Waals surface area contributed by atoms with Crippen LogP contribution in [0.25, 0.3) is 0 Å². The molecule has 3 atom stereocenters. The number of fused-ring (bicyclic) bond motifs is 1. The highest BCUT2D eigenvalue weighted by Crippen LogP contribution is 2.50. The lowest BCUT2D eigenvalue weighted by Gasteiger charge is -2.41. The number of carbonyl (C=O) groups excluding carboxylic acids is 1.